The summed E-state index contributed by atoms with van der Waals surface area (Å²) in [7, 11) is 0. The number of likely N-dealkylation sites (tertiary alicyclic amines) is 1. The highest BCUT2D eigenvalue weighted by atomic mass is 32.1. The Morgan fingerprint density at radius 3 is 2.86 bits per heavy atom. The van der Waals surface area contributed by atoms with E-state index in [1.54, 1.807) is 11.6 Å². The third-order valence-corrected chi connectivity index (χ3v) is 5.90. The molecule has 0 saturated carbocycles. The van der Waals surface area contributed by atoms with E-state index < -0.39 is 0 Å². The topological polar surface area (TPSA) is 78.1 Å². The number of halogens is 1. The number of aromatic amines is 1. The van der Waals surface area contributed by atoms with Crippen molar-refractivity contribution in [2.75, 3.05) is 18.4 Å². The van der Waals surface area contributed by atoms with Gasteiger partial charge in [0.2, 0.25) is 11.8 Å². The summed E-state index contributed by atoms with van der Waals surface area (Å²) in [5.41, 5.74) is 1.99. The second-order valence-corrected chi connectivity index (χ2v) is 7.87. The molecule has 4 rings (SSSR count). The van der Waals surface area contributed by atoms with E-state index >= 15 is 0 Å². The second-order valence-electron chi connectivity index (χ2n) is 6.97. The lowest BCUT2D eigenvalue weighted by Crippen LogP contribution is -2.38. The molecule has 0 radical (unpaired) electrons. The molecular weight excluding hydrogens is 379 g/mol. The predicted molar refractivity (Wildman–Crippen MR) is 107 cm³/mol. The number of nitrogens with one attached hydrogen (secondary N) is 2. The van der Waals surface area contributed by atoms with Crippen LogP contribution in [-0.2, 0) is 9.59 Å². The van der Waals surface area contributed by atoms with Crippen LogP contribution in [0.2, 0.25) is 0 Å². The van der Waals surface area contributed by atoms with E-state index in [0.29, 0.717) is 24.1 Å². The van der Waals surface area contributed by atoms with Crippen LogP contribution in [0.4, 0.5) is 9.52 Å². The summed E-state index contributed by atoms with van der Waals surface area (Å²) in [4.78, 5) is 33.3. The number of carbonyl (C=O) groups is 2. The number of hydrogen-bond acceptors (Lipinski definition) is 4. The number of piperidine rings is 1. The Bertz CT molecular complexity index is 977. The molecule has 3 aromatic rings. The van der Waals surface area contributed by atoms with Gasteiger partial charge in [0.1, 0.15) is 5.82 Å². The highest BCUT2D eigenvalue weighted by Crippen LogP contribution is 2.33. The lowest BCUT2D eigenvalue weighted by Gasteiger charge is -2.32. The van der Waals surface area contributed by atoms with Crippen molar-refractivity contribution in [2.45, 2.75) is 31.6 Å². The first kappa shape index (κ1) is 18.6. The van der Waals surface area contributed by atoms with Crippen molar-refractivity contribution >= 4 is 39.2 Å². The summed E-state index contributed by atoms with van der Waals surface area (Å²) >= 11 is 1.35. The van der Waals surface area contributed by atoms with Gasteiger partial charge in [0.25, 0.3) is 0 Å². The normalized spacial score (nSPS) is 15.1. The van der Waals surface area contributed by atoms with Crippen LogP contribution in [0.25, 0.3) is 10.9 Å². The summed E-state index contributed by atoms with van der Waals surface area (Å²) in [5, 5.41) is 6.08. The molecule has 0 spiro atoms. The van der Waals surface area contributed by atoms with E-state index in [2.05, 4.69) is 15.3 Å². The summed E-state index contributed by atoms with van der Waals surface area (Å²) in [6.45, 7) is 1.34. The number of nitrogens with zero attached hydrogens (tertiary/aromatic N) is 2. The average Bonchev–Trinajstić information content (AvgIpc) is 3.35. The second kappa shape index (κ2) is 8.10. The Labute approximate surface area is 165 Å². The molecule has 1 fully saturated rings. The van der Waals surface area contributed by atoms with Crippen LogP contribution in [0.5, 0.6) is 0 Å². The number of H-pyrrole nitrogens is 1. The van der Waals surface area contributed by atoms with Gasteiger partial charge in [-0.15, -0.1) is 11.3 Å². The van der Waals surface area contributed by atoms with Crippen molar-refractivity contribution in [2.24, 2.45) is 0 Å². The van der Waals surface area contributed by atoms with Crippen molar-refractivity contribution in [3.05, 3.63) is 47.4 Å². The SMILES string of the molecule is O=C(CCC(=O)N1CCC(c2c[nH]c3cc(F)ccc23)CC1)Nc1nccs1. The minimum atomic E-state index is -0.250. The van der Waals surface area contributed by atoms with Crippen LogP contribution in [0.15, 0.2) is 36.0 Å². The van der Waals surface area contributed by atoms with Crippen molar-refractivity contribution in [3.63, 3.8) is 0 Å². The number of aromatic nitrogens is 2. The molecule has 1 aliphatic rings. The number of amides is 2. The van der Waals surface area contributed by atoms with Gasteiger partial charge in [-0.05, 0) is 42.5 Å². The molecule has 0 atom stereocenters. The number of benzene rings is 1. The van der Waals surface area contributed by atoms with E-state index in [1.165, 1.54) is 29.0 Å². The van der Waals surface area contributed by atoms with E-state index in [-0.39, 0.29) is 30.5 Å². The molecule has 2 aromatic heterocycles. The van der Waals surface area contributed by atoms with Crippen molar-refractivity contribution < 1.29 is 14.0 Å². The Balaban J connectivity index is 1.28. The average molecular weight is 400 g/mol. The maximum Gasteiger partial charge on any atom is 0.226 e. The van der Waals surface area contributed by atoms with Gasteiger partial charge in [0, 0.05) is 54.6 Å². The quantitative estimate of drug-likeness (QED) is 0.682. The first-order chi connectivity index (χ1) is 13.6. The Morgan fingerprint density at radius 1 is 1.29 bits per heavy atom. The Kier molecular flexibility index (Phi) is 5.38. The van der Waals surface area contributed by atoms with Crippen molar-refractivity contribution in [1.82, 2.24) is 14.9 Å². The van der Waals surface area contributed by atoms with Crippen LogP contribution in [-0.4, -0.2) is 39.8 Å². The number of thiazole rings is 1. The molecular formula is C20H21FN4O2S. The number of hydrogen-bond donors (Lipinski definition) is 2. The van der Waals surface area contributed by atoms with Crippen LogP contribution in [0.1, 0.15) is 37.2 Å². The van der Waals surface area contributed by atoms with Crippen LogP contribution < -0.4 is 5.32 Å². The summed E-state index contributed by atoms with van der Waals surface area (Å²) < 4.78 is 13.4. The van der Waals surface area contributed by atoms with Crippen molar-refractivity contribution in [3.8, 4) is 0 Å². The minimum absolute atomic E-state index is 0.00809. The molecule has 6 nitrogen and oxygen atoms in total. The molecule has 146 valence electrons. The predicted octanol–water partition coefficient (Wildman–Crippen LogP) is 3.89. The molecule has 2 N–H and O–H groups in total. The molecule has 8 heteroatoms. The molecule has 1 aromatic carbocycles. The first-order valence-electron chi connectivity index (χ1n) is 9.34. The van der Waals surface area contributed by atoms with Crippen LogP contribution in [0, 0.1) is 5.82 Å². The van der Waals surface area contributed by atoms with Gasteiger partial charge in [-0.2, -0.15) is 0 Å². The summed E-state index contributed by atoms with van der Waals surface area (Å²) in [6, 6.07) is 4.80. The maximum atomic E-state index is 13.4. The van der Waals surface area contributed by atoms with Gasteiger partial charge < -0.3 is 15.2 Å². The smallest absolute Gasteiger partial charge is 0.226 e. The van der Waals surface area contributed by atoms with Gasteiger partial charge in [-0.3, -0.25) is 9.59 Å². The third kappa shape index (κ3) is 4.06. The lowest BCUT2D eigenvalue weighted by atomic mass is 9.89. The molecule has 1 saturated heterocycles. The zero-order chi connectivity index (χ0) is 19.5. The van der Waals surface area contributed by atoms with Crippen LogP contribution in [0.3, 0.4) is 0 Å². The van der Waals surface area contributed by atoms with E-state index in [9.17, 15) is 14.0 Å². The zero-order valence-electron chi connectivity index (χ0n) is 15.3. The molecule has 2 amide bonds. The standard InChI is InChI=1S/C20H21FN4O2S/c21-14-1-2-15-16(12-23-17(15)11-14)13-5-8-25(9-6-13)19(27)4-3-18(26)24-20-22-7-10-28-20/h1-2,7,10-13,23H,3-6,8-9H2,(H,22,24,26). The van der Waals surface area contributed by atoms with Gasteiger partial charge in [0.15, 0.2) is 5.13 Å². The van der Waals surface area contributed by atoms with Gasteiger partial charge in [-0.25, -0.2) is 9.37 Å². The molecule has 0 aliphatic carbocycles. The minimum Gasteiger partial charge on any atom is -0.361 e. The fourth-order valence-electron chi connectivity index (χ4n) is 3.74. The molecule has 28 heavy (non-hydrogen) atoms. The van der Waals surface area contributed by atoms with E-state index in [4.69, 9.17) is 0 Å². The third-order valence-electron chi connectivity index (χ3n) is 5.21. The Morgan fingerprint density at radius 2 is 2.11 bits per heavy atom. The number of anilines is 1. The van der Waals surface area contributed by atoms with E-state index in [1.807, 2.05) is 17.2 Å². The summed E-state index contributed by atoms with van der Waals surface area (Å²) in [6.07, 6.45) is 5.67. The monoisotopic (exact) mass is 400 g/mol. The Hall–Kier alpha value is -2.74. The van der Waals surface area contributed by atoms with E-state index in [0.717, 1.165) is 23.7 Å². The fraction of sp³-hybridized carbons (Fsp3) is 0.350. The number of carbonyl (C=O) groups excluding carboxylic acids is 2. The lowest BCUT2D eigenvalue weighted by molar-refractivity contribution is -0.133. The van der Waals surface area contributed by atoms with Gasteiger partial charge in [-0.1, -0.05) is 0 Å². The first-order valence-corrected chi connectivity index (χ1v) is 10.2. The number of rotatable bonds is 5. The maximum absolute atomic E-state index is 13.4. The van der Waals surface area contributed by atoms with Gasteiger partial charge in [0.05, 0.1) is 0 Å². The molecule has 3 heterocycles. The number of fused-ring (bicyclic) bond motifs is 1. The summed E-state index contributed by atoms with van der Waals surface area (Å²) in [5.74, 6) is -0.0883. The highest BCUT2D eigenvalue weighted by molar-refractivity contribution is 7.13. The molecule has 0 bridgehead atoms. The molecule has 1 aliphatic heterocycles. The zero-order valence-corrected chi connectivity index (χ0v) is 16.1. The molecule has 0 unspecified atom stereocenters. The fourth-order valence-corrected chi connectivity index (χ4v) is 4.29. The van der Waals surface area contributed by atoms with Crippen molar-refractivity contribution in [1.29, 1.82) is 0 Å². The largest absolute Gasteiger partial charge is 0.361 e. The highest BCUT2D eigenvalue weighted by Gasteiger charge is 2.25. The van der Waals surface area contributed by atoms with Gasteiger partial charge >= 0.3 is 0 Å². The van der Waals surface area contributed by atoms with Crippen LogP contribution >= 0.6 is 11.3 Å².